The summed E-state index contributed by atoms with van der Waals surface area (Å²) in [4.78, 5) is 17.1. The summed E-state index contributed by atoms with van der Waals surface area (Å²) in [7, 11) is 1.71. The number of hydrogen-bond acceptors (Lipinski definition) is 4. The van der Waals surface area contributed by atoms with Gasteiger partial charge in [0.2, 0.25) is 0 Å². The first-order chi connectivity index (χ1) is 12.2. The van der Waals surface area contributed by atoms with Crippen LogP contribution in [0, 0.1) is 0 Å². The SMILES string of the molecule is CCCC1CN(Cc2ccccc2OC)CC(C)N1C(=O)OC(C)(C)C. The summed E-state index contributed by atoms with van der Waals surface area (Å²) in [5.41, 5.74) is 0.713. The third kappa shape index (κ3) is 5.37. The number of ether oxygens (including phenoxy) is 2. The number of para-hydroxylation sites is 1. The standard InChI is InChI=1S/C21H34N2O3/c1-7-10-18-15-22(14-17-11-8-9-12-19(17)25-6)13-16(2)23(18)20(24)26-21(3,4)5/h8-9,11-12,16,18H,7,10,13-15H2,1-6H3. The van der Waals surface area contributed by atoms with Crippen LogP contribution in [-0.4, -0.2) is 53.8 Å². The lowest BCUT2D eigenvalue weighted by molar-refractivity contribution is -0.0215. The minimum atomic E-state index is -0.470. The summed E-state index contributed by atoms with van der Waals surface area (Å²) < 4.78 is 11.2. The lowest BCUT2D eigenvalue weighted by atomic mass is 10.0. The summed E-state index contributed by atoms with van der Waals surface area (Å²) in [5, 5.41) is 0. The molecule has 1 aliphatic rings. The molecular weight excluding hydrogens is 328 g/mol. The highest BCUT2D eigenvalue weighted by Crippen LogP contribution is 2.26. The van der Waals surface area contributed by atoms with Gasteiger partial charge in [-0.2, -0.15) is 0 Å². The largest absolute Gasteiger partial charge is 0.496 e. The fourth-order valence-electron chi connectivity index (χ4n) is 3.69. The Morgan fingerprint density at radius 3 is 2.54 bits per heavy atom. The molecule has 2 unspecified atom stereocenters. The topological polar surface area (TPSA) is 42.0 Å². The van der Waals surface area contributed by atoms with Gasteiger partial charge in [0.25, 0.3) is 0 Å². The Hall–Kier alpha value is -1.75. The molecule has 146 valence electrons. The highest BCUT2D eigenvalue weighted by molar-refractivity contribution is 5.69. The fraction of sp³-hybridized carbons (Fsp3) is 0.667. The molecule has 0 aromatic heterocycles. The second-order valence-electron chi connectivity index (χ2n) is 8.19. The third-order valence-electron chi connectivity index (χ3n) is 4.67. The first-order valence-electron chi connectivity index (χ1n) is 9.60. The quantitative estimate of drug-likeness (QED) is 0.783. The maximum Gasteiger partial charge on any atom is 0.410 e. The van der Waals surface area contributed by atoms with Gasteiger partial charge in [-0.05, 0) is 40.2 Å². The minimum absolute atomic E-state index is 0.116. The van der Waals surface area contributed by atoms with Crippen molar-refractivity contribution in [3.63, 3.8) is 0 Å². The summed E-state index contributed by atoms with van der Waals surface area (Å²) in [5.74, 6) is 0.918. The predicted octanol–water partition coefficient (Wildman–Crippen LogP) is 4.31. The molecule has 1 heterocycles. The van der Waals surface area contributed by atoms with Gasteiger partial charge in [0.15, 0.2) is 0 Å². The molecule has 0 N–H and O–H groups in total. The lowest BCUT2D eigenvalue weighted by Crippen LogP contribution is -2.60. The molecule has 2 rings (SSSR count). The molecule has 1 amide bonds. The van der Waals surface area contributed by atoms with Gasteiger partial charge in [-0.15, -0.1) is 0 Å². The van der Waals surface area contributed by atoms with Gasteiger partial charge in [0.1, 0.15) is 11.4 Å². The van der Waals surface area contributed by atoms with Gasteiger partial charge in [-0.1, -0.05) is 31.5 Å². The maximum atomic E-state index is 12.7. The van der Waals surface area contributed by atoms with Crippen molar-refractivity contribution in [2.75, 3.05) is 20.2 Å². The number of carbonyl (C=O) groups excluding carboxylic acids is 1. The van der Waals surface area contributed by atoms with Gasteiger partial charge >= 0.3 is 6.09 Å². The van der Waals surface area contributed by atoms with Crippen molar-refractivity contribution in [1.29, 1.82) is 0 Å². The van der Waals surface area contributed by atoms with E-state index in [4.69, 9.17) is 9.47 Å². The van der Waals surface area contributed by atoms with E-state index < -0.39 is 5.60 Å². The van der Waals surface area contributed by atoms with Crippen LogP contribution >= 0.6 is 0 Å². The number of benzene rings is 1. The smallest absolute Gasteiger partial charge is 0.410 e. The molecule has 5 heteroatoms. The molecule has 0 aliphatic carbocycles. The number of rotatable bonds is 5. The van der Waals surface area contributed by atoms with Crippen molar-refractivity contribution in [3.05, 3.63) is 29.8 Å². The van der Waals surface area contributed by atoms with Crippen molar-refractivity contribution in [1.82, 2.24) is 9.80 Å². The minimum Gasteiger partial charge on any atom is -0.496 e. The second kappa shape index (κ2) is 8.76. The Kier molecular flexibility index (Phi) is 6.93. The van der Waals surface area contributed by atoms with E-state index in [0.29, 0.717) is 0 Å². The molecule has 26 heavy (non-hydrogen) atoms. The van der Waals surface area contributed by atoms with Gasteiger partial charge in [-0.3, -0.25) is 9.80 Å². The number of amides is 1. The van der Waals surface area contributed by atoms with Crippen molar-refractivity contribution >= 4 is 6.09 Å². The predicted molar refractivity (Wildman–Crippen MR) is 105 cm³/mol. The number of nitrogens with zero attached hydrogens (tertiary/aromatic N) is 2. The Bertz CT molecular complexity index is 597. The van der Waals surface area contributed by atoms with Gasteiger partial charge in [-0.25, -0.2) is 4.79 Å². The van der Waals surface area contributed by atoms with Gasteiger partial charge < -0.3 is 9.47 Å². The molecular formula is C21H34N2O3. The van der Waals surface area contributed by atoms with Gasteiger partial charge in [0, 0.05) is 37.3 Å². The lowest BCUT2D eigenvalue weighted by Gasteiger charge is -2.46. The van der Waals surface area contributed by atoms with E-state index in [1.54, 1.807) is 7.11 Å². The third-order valence-corrected chi connectivity index (χ3v) is 4.67. The molecule has 2 atom stereocenters. The molecule has 5 nitrogen and oxygen atoms in total. The monoisotopic (exact) mass is 362 g/mol. The summed E-state index contributed by atoms with van der Waals surface area (Å²) in [6.45, 7) is 12.6. The zero-order valence-corrected chi connectivity index (χ0v) is 17.1. The number of piperazine rings is 1. The fourth-order valence-corrected chi connectivity index (χ4v) is 3.69. The van der Waals surface area contributed by atoms with Gasteiger partial charge in [0.05, 0.1) is 7.11 Å². The molecule has 0 radical (unpaired) electrons. The van der Waals surface area contributed by atoms with Crippen LogP contribution in [0.3, 0.4) is 0 Å². The summed E-state index contributed by atoms with van der Waals surface area (Å²) >= 11 is 0. The van der Waals surface area contributed by atoms with E-state index in [1.165, 1.54) is 5.56 Å². The van der Waals surface area contributed by atoms with E-state index in [9.17, 15) is 4.79 Å². The second-order valence-corrected chi connectivity index (χ2v) is 8.19. The Morgan fingerprint density at radius 1 is 1.23 bits per heavy atom. The van der Waals surface area contributed by atoms with Crippen LogP contribution in [0.2, 0.25) is 0 Å². The Labute approximate surface area is 158 Å². The number of carbonyl (C=O) groups is 1. The molecule has 1 saturated heterocycles. The van der Waals surface area contributed by atoms with Crippen LogP contribution in [0.15, 0.2) is 24.3 Å². The number of hydrogen-bond donors (Lipinski definition) is 0. The van der Waals surface area contributed by atoms with E-state index in [2.05, 4.69) is 24.8 Å². The maximum absolute atomic E-state index is 12.7. The van der Waals surface area contributed by atoms with Crippen molar-refractivity contribution in [2.45, 2.75) is 71.7 Å². The average Bonchev–Trinajstić information content (AvgIpc) is 2.53. The Balaban J connectivity index is 2.12. The molecule has 0 saturated carbocycles. The zero-order valence-electron chi connectivity index (χ0n) is 17.1. The molecule has 1 aliphatic heterocycles. The van der Waals surface area contributed by atoms with Crippen LogP contribution < -0.4 is 4.74 Å². The normalized spacial score (nSPS) is 21.5. The van der Waals surface area contributed by atoms with Crippen molar-refractivity contribution < 1.29 is 14.3 Å². The summed E-state index contributed by atoms with van der Waals surface area (Å²) in [6.07, 6.45) is 1.82. The highest BCUT2D eigenvalue weighted by Gasteiger charge is 2.37. The molecule has 0 spiro atoms. The van der Waals surface area contributed by atoms with Crippen LogP contribution in [0.5, 0.6) is 5.75 Å². The van der Waals surface area contributed by atoms with E-state index in [0.717, 1.165) is 38.2 Å². The molecule has 1 aromatic rings. The first-order valence-corrected chi connectivity index (χ1v) is 9.60. The van der Waals surface area contributed by atoms with Crippen LogP contribution in [0.25, 0.3) is 0 Å². The molecule has 1 fully saturated rings. The zero-order chi connectivity index (χ0) is 19.3. The molecule has 1 aromatic carbocycles. The van der Waals surface area contributed by atoms with Crippen molar-refractivity contribution in [3.8, 4) is 5.75 Å². The van der Waals surface area contributed by atoms with E-state index >= 15 is 0 Å². The van der Waals surface area contributed by atoms with Crippen molar-refractivity contribution in [2.24, 2.45) is 0 Å². The van der Waals surface area contributed by atoms with E-state index in [-0.39, 0.29) is 18.2 Å². The average molecular weight is 363 g/mol. The van der Waals surface area contributed by atoms with Crippen LogP contribution in [0.1, 0.15) is 53.0 Å². The number of methoxy groups -OCH3 is 1. The first kappa shape index (κ1) is 20.6. The van der Waals surface area contributed by atoms with Crippen LogP contribution in [-0.2, 0) is 11.3 Å². The van der Waals surface area contributed by atoms with E-state index in [1.807, 2.05) is 43.9 Å². The molecule has 0 bridgehead atoms. The summed E-state index contributed by atoms with van der Waals surface area (Å²) in [6, 6.07) is 8.43. The highest BCUT2D eigenvalue weighted by atomic mass is 16.6. The van der Waals surface area contributed by atoms with Crippen LogP contribution in [0.4, 0.5) is 4.79 Å². The Morgan fingerprint density at radius 2 is 1.92 bits per heavy atom.